The fourth-order valence-corrected chi connectivity index (χ4v) is 0. The number of rotatable bonds is 0. The molecule has 21 heteroatoms. The summed E-state index contributed by atoms with van der Waals surface area (Å²) in [6.45, 7) is 0. The summed E-state index contributed by atoms with van der Waals surface area (Å²) in [6, 6.07) is 0. The molecule has 0 aromatic carbocycles. The molecule has 139 valence electrons. The standard InChI is InChI=1S/Cu.4FH2O3P/c;4*1-5(2,3)4/h;4*(H2,2,3,4). The molecule has 0 aromatic rings. The van der Waals surface area contributed by atoms with Crippen LogP contribution < -0.4 is 0 Å². The number of hydrogen-bond acceptors (Lipinski definition) is 4. The summed E-state index contributed by atoms with van der Waals surface area (Å²) in [5.74, 6) is 0. The van der Waals surface area contributed by atoms with Crippen LogP contribution in [0.3, 0.4) is 0 Å². The van der Waals surface area contributed by atoms with E-state index in [9.17, 15) is 16.8 Å². The Morgan fingerprint density at radius 1 is 0.429 bits per heavy atom. The molecule has 0 unspecified atom stereocenters. The van der Waals surface area contributed by atoms with Gasteiger partial charge in [0.1, 0.15) is 0 Å². The van der Waals surface area contributed by atoms with E-state index in [0.717, 1.165) is 0 Å². The average molecular weight is 463 g/mol. The van der Waals surface area contributed by atoms with Gasteiger partial charge in [0.25, 0.3) is 0 Å². The van der Waals surface area contributed by atoms with Crippen LogP contribution in [0.15, 0.2) is 0 Å². The summed E-state index contributed by atoms with van der Waals surface area (Å²) < 4.78 is 76.1. The van der Waals surface area contributed by atoms with Gasteiger partial charge < -0.3 is 0 Å². The zero-order chi connectivity index (χ0) is 18.0. The Bertz CT molecular complexity index is 298. The molecule has 0 saturated carbocycles. The van der Waals surface area contributed by atoms with Crippen LogP contribution in [0.4, 0.5) is 16.8 Å². The largest absolute Gasteiger partial charge is 0.507 e. The predicted molar refractivity (Wildman–Crippen MR) is 52.6 cm³/mol. The van der Waals surface area contributed by atoms with Crippen molar-refractivity contribution in [1.29, 1.82) is 0 Å². The van der Waals surface area contributed by atoms with Gasteiger partial charge in [-0.05, 0) is 0 Å². The van der Waals surface area contributed by atoms with Crippen molar-refractivity contribution in [3.8, 4) is 0 Å². The van der Waals surface area contributed by atoms with Crippen molar-refractivity contribution in [3.63, 3.8) is 0 Å². The zero-order valence-electron chi connectivity index (χ0n) is 8.81. The smallest absolute Gasteiger partial charge is 0.299 e. The van der Waals surface area contributed by atoms with Crippen LogP contribution in [-0.2, 0) is 35.3 Å². The Balaban J connectivity index is -0.0000000533. The third kappa shape index (κ3) is 10500. The molecule has 0 aromatic heterocycles. The molecule has 0 rings (SSSR count). The molecule has 1 radical (unpaired) electrons. The van der Waals surface area contributed by atoms with Gasteiger partial charge in [0.2, 0.25) is 0 Å². The van der Waals surface area contributed by atoms with E-state index in [4.69, 9.17) is 57.4 Å². The zero-order valence-corrected chi connectivity index (χ0v) is 13.3. The summed E-state index contributed by atoms with van der Waals surface area (Å²) in [5, 5.41) is 0. The summed E-state index contributed by atoms with van der Waals surface area (Å²) >= 11 is 0. The molecule has 0 aliphatic rings. The second-order valence-corrected chi connectivity index (χ2v) is 5.68. The molecular weight excluding hydrogens is 455 g/mol. The van der Waals surface area contributed by atoms with Crippen LogP contribution in [0.2, 0.25) is 0 Å². The minimum Gasteiger partial charge on any atom is -0.299 e. The minimum absolute atomic E-state index is 0. The Hall–Kier alpha value is 0.839. The summed E-state index contributed by atoms with van der Waals surface area (Å²) in [6.07, 6.45) is 0. The Kier molecular flexibility index (Phi) is 21.2. The van der Waals surface area contributed by atoms with Gasteiger partial charge in [-0.2, -0.15) is 0 Å². The fourth-order valence-electron chi connectivity index (χ4n) is 0. The van der Waals surface area contributed by atoms with Gasteiger partial charge in [-0.1, -0.05) is 0 Å². The quantitative estimate of drug-likeness (QED) is 0.137. The van der Waals surface area contributed by atoms with Gasteiger partial charge in [-0.25, -0.2) is 18.3 Å². The molecule has 0 saturated heterocycles. The first-order valence-electron chi connectivity index (χ1n) is 3.01. The van der Waals surface area contributed by atoms with Crippen LogP contribution >= 0.6 is 31.6 Å². The molecule has 0 fully saturated rings. The molecule has 8 N–H and O–H groups in total. The van der Waals surface area contributed by atoms with E-state index in [1.165, 1.54) is 0 Å². The van der Waals surface area contributed by atoms with Crippen molar-refractivity contribution < 1.29 is 91.3 Å². The maximum atomic E-state index is 10.4. The fraction of sp³-hybridized carbons (Fsp3) is 0. The first-order chi connectivity index (χ1) is 8.00. The second kappa shape index (κ2) is 13.3. The molecule has 0 spiro atoms. The average Bonchev–Trinajstić information content (AvgIpc) is 1.62. The van der Waals surface area contributed by atoms with E-state index >= 15 is 0 Å². The van der Waals surface area contributed by atoms with Gasteiger partial charge >= 0.3 is 31.6 Å². The van der Waals surface area contributed by atoms with Crippen molar-refractivity contribution in [3.05, 3.63) is 0 Å². The Labute approximate surface area is 123 Å². The monoisotopic (exact) mass is 463 g/mol. The van der Waals surface area contributed by atoms with Crippen LogP contribution in [0.1, 0.15) is 0 Å². The van der Waals surface area contributed by atoms with Gasteiger partial charge in [-0.3, -0.25) is 39.1 Å². The molecule has 0 bridgehead atoms. The van der Waals surface area contributed by atoms with Gasteiger partial charge in [0.15, 0.2) is 0 Å². The summed E-state index contributed by atoms with van der Waals surface area (Å²) in [5.41, 5.74) is 0. The van der Waals surface area contributed by atoms with Crippen molar-refractivity contribution >= 4 is 31.6 Å². The molecule has 0 aliphatic carbocycles. The van der Waals surface area contributed by atoms with Crippen LogP contribution in [0.5, 0.6) is 0 Å². The maximum absolute atomic E-state index is 10.4. The Morgan fingerprint density at radius 2 is 0.429 bits per heavy atom. The third-order valence-corrected chi connectivity index (χ3v) is 0. The molecule has 12 nitrogen and oxygen atoms in total. The van der Waals surface area contributed by atoms with Crippen molar-refractivity contribution in [2.45, 2.75) is 0 Å². The molecule has 0 heterocycles. The van der Waals surface area contributed by atoms with Crippen LogP contribution in [0.25, 0.3) is 0 Å². The molecule has 21 heavy (non-hydrogen) atoms. The maximum Gasteiger partial charge on any atom is 0.507 e. The molecule has 0 atom stereocenters. The van der Waals surface area contributed by atoms with Crippen molar-refractivity contribution in [1.82, 2.24) is 0 Å². The van der Waals surface area contributed by atoms with Crippen LogP contribution in [-0.4, -0.2) is 39.1 Å². The van der Waals surface area contributed by atoms with Gasteiger partial charge in [0.05, 0.1) is 0 Å². The first-order valence-corrected chi connectivity index (χ1v) is 9.02. The van der Waals surface area contributed by atoms with Gasteiger partial charge in [0, 0.05) is 17.1 Å². The molecule has 0 aliphatic heterocycles. The number of halogens is 4. The van der Waals surface area contributed by atoms with E-state index < -0.39 is 31.6 Å². The van der Waals surface area contributed by atoms with E-state index in [0.29, 0.717) is 0 Å². The van der Waals surface area contributed by atoms with E-state index in [2.05, 4.69) is 0 Å². The van der Waals surface area contributed by atoms with E-state index in [1.54, 1.807) is 0 Å². The normalized spacial score (nSPS) is 11.2. The topological polar surface area (TPSA) is 230 Å². The van der Waals surface area contributed by atoms with Crippen molar-refractivity contribution in [2.75, 3.05) is 0 Å². The minimum atomic E-state index is -5.14. The Morgan fingerprint density at radius 3 is 0.429 bits per heavy atom. The second-order valence-electron chi connectivity index (χ2n) is 1.89. The summed E-state index contributed by atoms with van der Waals surface area (Å²) in [4.78, 5) is 55.7. The van der Waals surface area contributed by atoms with Crippen LogP contribution in [0, 0.1) is 0 Å². The number of hydrogen-bond donors (Lipinski definition) is 8. The first kappa shape index (κ1) is 33.4. The predicted octanol–water partition coefficient (Wildman–Crippen LogP) is 0.192. The van der Waals surface area contributed by atoms with E-state index in [1.807, 2.05) is 0 Å². The van der Waals surface area contributed by atoms with Gasteiger partial charge in [-0.15, -0.1) is 16.8 Å². The SMILES string of the molecule is O=P(O)(O)F.O=P(O)(O)F.O=P(O)(O)F.O=P(O)(O)F.[Cu]. The van der Waals surface area contributed by atoms with E-state index in [-0.39, 0.29) is 17.1 Å². The molecular formula is H8CuF4O12P4. The molecule has 0 amide bonds. The third-order valence-electron chi connectivity index (χ3n) is 0. The summed E-state index contributed by atoms with van der Waals surface area (Å²) in [7, 11) is -20.6. The van der Waals surface area contributed by atoms with Crippen molar-refractivity contribution in [2.24, 2.45) is 0 Å².